The summed E-state index contributed by atoms with van der Waals surface area (Å²) < 4.78 is 7.21. The third-order valence-corrected chi connectivity index (χ3v) is 6.74. The first-order valence-electron chi connectivity index (χ1n) is 11.2. The molecule has 2 aromatic carbocycles. The van der Waals surface area contributed by atoms with Crippen molar-refractivity contribution >= 4 is 29.1 Å². The molecule has 0 atom stereocenters. The number of carbonyl (C=O) groups is 2. The Bertz CT molecular complexity index is 1340. The van der Waals surface area contributed by atoms with Crippen molar-refractivity contribution in [1.29, 1.82) is 0 Å². The van der Waals surface area contributed by atoms with Crippen LogP contribution in [0.25, 0.3) is 17.1 Å². The molecule has 0 N–H and O–H groups in total. The first kappa shape index (κ1) is 22.8. The molecule has 0 spiro atoms. The van der Waals surface area contributed by atoms with E-state index in [0.29, 0.717) is 23.0 Å². The van der Waals surface area contributed by atoms with Gasteiger partial charge >= 0.3 is 0 Å². The van der Waals surface area contributed by atoms with Crippen LogP contribution >= 0.6 is 11.8 Å². The summed E-state index contributed by atoms with van der Waals surface area (Å²) in [6.45, 7) is 0.725. The molecule has 1 fully saturated rings. The van der Waals surface area contributed by atoms with E-state index < -0.39 is 0 Å². The van der Waals surface area contributed by atoms with Crippen molar-refractivity contribution in [2.45, 2.75) is 18.0 Å². The van der Waals surface area contributed by atoms with Crippen LogP contribution in [0.2, 0.25) is 0 Å². The summed E-state index contributed by atoms with van der Waals surface area (Å²) in [5.74, 6) is 1.71. The Balaban J connectivity index is 1.37. The minimum atomic E-state index is -0.0240. The monoisotopic (exact) mass is 485 g/mol. The van der Waals surface area contributed by atoms with E-state index in [0.717, 1.165) is 35.7 Å². The van der Waals surface area contributed by atoms with Crippen LogP contribution in [-0.2, 0) is 4.79 Å². The number of ketones is 1. The molecule has 1 amide bonds. The van der Waals surface area contributed by atoms with Gasteiger partial charge in [-0.1, -0.05) is 11.8 Å². The highest BCUT2D eigenvalue weighted by Crippen LogP contribution is 2.29. The van der Waals surface area contributed by atoms with Gasteiger partial charge in [0.25, 0.3) is 0 Å². The van der Waals surface area contributed by atoms with Crippen molar-refractivity contribution in [1.82, 2.24) is 19.7 Å². The Morgan fingerprint density at radius 1 is 0.971 bits per heavy atom. The molecule has 9 heteroatoms. The zero-order valence-corrected chi connectivity index (χ0v) is 19.9. The van der Waals surface area contributed by atoms with Crippen molar-refractivity contribution in [3.63, 3.8) is 0 Å². The van der Waals surface area contributed by atoms with E-state index in [9.17, 15) is 9.59 Å². The third kappa shape index (κ3) is 4.81. The molecule has 176 valence electrons. The largest absolute Gasteiger partial charge is 0.497 e. The first-order valence-corrected chi connectivity index (χ1v) is 12.2. The quantitative estimate of drug-likeness (QED) is 0.269. The minimum absolute atomic E-state index is 0.0240. The summed E-state index contributed by atoms with van der Waals surface area (Å²) in [6.07, 6.45) is 4.86. The van der Waals surface area contributed by atoms with Crippen molar-refractivity contribution in [3.05, 3.63) is 78.6 Å². The van der Waals surface area contributed by atoms with Gasteiger partial charge in [-0.2, -0.15) is 0 Å². The second-order valence-electron chi connectivity index (χ2n) is 7.98. The second-order valence-corrected chi connectivity index (χ2v) is 8.93. The number of hydrogen-bond donors (Lipinski definition) is 0. The van der Waals surface area contributed by atoms with Crippen LogP contribution in [0, 0.1) is 0 Å². The Hall–Kier alpha value is -3.98. The molecule has 5 rings (SSSR count). The third-order valence-electron chi connectivity index (χ3n) is 5.81. The molecule has 0 saturated carbocycles. The highest BCUT2D eigenvalue weighted by atomic mass is 32.2. The van der Waals surface area contributed by atoms with Gasteiger partial charge in [-0.15, -0.1) is 10.2 Å². The molecule has 0 aliphatic carbocycles. The lowest BCUT2D eigenvalue weighted by Crippen LogP contribution is -2.23. The van der Waals surface area contributed by atoms with E-state index in [2.05, 4.69) is 15.2 Å². The van der Waals surface area contributed by atoms with Gasteiger partial charge in [-0.05, 0) is 67.1 Å². The molecule has 35 heavy (non-hydrogen) atoms. The van der Waals surface area contributed by atoms with Gasteiger partial charge in [0.2, 0.25) is 5.91 Å². The molecule has 1 saturated heterocycles. The zero-order valence-electron chi connectivity index (χ0n) is 19.1. The fourth-order valence-corrected chi connectivity index (χ4v) is 4.82. The molecule has 0 bridgehead atoms. The zero-order chi connectivity index (χ0) is 24.2. The van der Waals surface area contributed by atoms with E-state index in [1.807, 2.05) is 53.1 Å². The van der Waals surface area contributed by atoms with Gasteiger partial charge in [-0.3, -0.25) is 19.1 Å². The maximum atomic E-state index is 12.9. The molecule has 1 aliphatic heterocycles. The van der Waals surface area contributed by atoms with Gasteiger partial charge < -0.3 is 9.64 Å². The number of benzene rings is 2. The number of hydrogen-bond acceptors (Lipinski definition) is 7. The normalized spacial score (nSPS) is 13.3. The van der Waals surface area contributed by atoms with Crippen LogP contribution in [0.3, 0.4) is 0 Å². The van der Waals surface area contributed by atoms with Crippen molar-refractivity contribution in [3.8, 4) is 22.8 Å². The lowest BCUT2D eigenvalue weighted by atomic mass is 10.1. The molecule has 1 aliphatic rings. The Labute approximate surface area is 207 Å². The number of ether oxygens (including phenoxy) is 1. The maximum absolute atomic E-state index is 12.9. The summed E-state index contributed by atoms with van der Waals surface area (Å²) in [4.78, 5) is 30.8. The van der Waals surface area contributed by atoms with Gasteiger partial charge in [0, 0.05) is 47.9 Å². The smallest absolute Gasteiger partial charge is 0.227 e. The number of methoxy groups -OCH3 is 1. The highest BCUT2D eigenvalue weighted by Gasteiger charge is 2.22. The number of aromatic nitrogens is 4. The number of Topliss-reactive ketones (excluding diaryl/α,β-unsaturated/α-hetero) is 1. The first-order chi connectivity index (χ1) is 17.1. The minimum Gasteiger partial charge on any atom is -0.497 e. The lowest BCUT2D eigenvalue weighted by molar-refractivity contribution is -0.117. The Morgan fingerprint density at radius 3 is 2.34 bits per heavy atom. The molecule has 0 radical (unpaired) electrons. The average molecular weight is 486 g/mol. The summed E-state index contributed by atoms with van der Waals surface area (Å²) in [5, 5.41) is 9.39. The van der Waals surface area contributed by atoms with Gasteiger partial charge in [0.05, 0.1) is 12.9 Å². The van der Waals surface area contributed by atoms with Crippen LogP contribution in [0.4, 0.5) is 5.69 Å². The number of rotatable bonds is 8. The molecule has 4 aromatic rings. The highest BCUT2D eigenvalue weighted by molar-refractivity contribution is 7.99. The van der Waals surface area contributed by atoms with E-state index >= 15 is 0 Å². The van der Waals surface area contributed by atoms with Crippen LogP contribution in [0.15, 0.2) is 78.2 Å². The van der Waals surface area contributed by atoms with Crippen molar-refractivity contribution in [2.75, 3.05) is 24.3 Å². The average Bonchev–Trinajstić information content (AvgIpc) is 3.54. The summed E-state index contributed by atoms with van der Waals surface area (Å²) in [5.41, 5.74) is 3.15. The molecule has 8 nitrogen and oxygen atoms in total. The van der Waals surface area contributed by atoms with E-state index in [1.54, 1.807) is 36.5 Å². The molecule has 0 unspecified atom stereocenters. The molecule has 3 heterocycles. The van der Waals surface area contributed by atoms with E-state index in [1.165, 1.54) is 11.8 Å². The van der Waals surface area contributed by atoms with Crippen LogP contribution in [0.5, 0.6) is 5.75 Å². The van der Waals surface area contributed by atoms with Crippen molar-refractivity contribution in [2.24, 2.45) is 0 Å². The standard InChI is InChI=1S/C26H23N5O3S/c1-34-22-10-8-21(9-11-22)31-25(19-12-14-27-15-13-19)28-29-26(31)35-17-23(32)18-4-6-20(7-5-18)30-16-2-3-24(30)33/h4-15H,2-3,16-17H2,1H3. The number of carbonyl (C=O) groups excluding carboxylic acids is 2. The molecular formula is C26H23N5O3S. The second kappa shape index (κ2) is 10.1. The van der Waals surface area contributed by atoms with Crippen LogP contribution < -0.4 is 9.64 Å². The van der Waals surface area contributed by atoms with Crippen LogP contribution in [-0.4, -0.2) is 50.8 Å². The number of pyridine rings is 1. The maximum Gasteiger partial charge on any atom is 0.227 e. The Kier molecular flexibility index (Phi) is 6.58. The van der Waals surface area contributed by atoms with E-state index in [-0.39, 0.29) is 17.4 Å². The number of nitrogens with zero attached hydrogens (tertiary/aromatic N) is 5. The predicted molar refractivity (Wildman–Crippen MR) is 134 cm³/mol. The predicted octanol–water partition coefficient (Wildman–Crippen LogP) is 4.44. The fraction of sp³-hybridized carbons (Fsp3) is 0.192. The SMILES string of the molecule is COc1ccc(-n2c(SCC(=O)c3ccc(N4CCCC4=O)cc3)nnc2-c2ccncc2)cc1. The van der Waals surface area contributed by atoms with E-state index in [4.69, 9.17) is 4.74 Å². The summed E-state index contributed by atoms with van der Waals surface area (Å²) >= 11 is 1.33. The number of thioether (sulfide) groups is 1. The van der Waals surface area contributed by atoms with Gasteiger partial charge in [0.15, 0.2) is 16.8 Å². The topological polar surface area (TPSA) is 90.2 Å². The Morgan fingerprint density at radius 2 is 1.69 bits per heavy atom. The molecular weight excluding hydrogens is 462 g/mol. The van der Waals surface area contributed by atoms with Crippen molar-refractivity contribution < 1.29 is 14.3 Å². The number of anilines is 1. The molecule has 2 aromatic heterocycles. The number of amides is 1. The summed E-state index contributed by atoms with van der Waals surface area (Å²) in [6, 6.07) is 18.6. The fourth-order valence-electron chi connectivity index (χ4n) is 3.98. The van der Waals surface area contributed by atoms with Gasteiger partial charge in [-0.25, -0.2) is 0 Å². The van der Waals surface area contributed by atoms with Gasteiger partial charge in [0.1, 0.15) is 5.75 Å². The summed E-state index contributed by atoms with van der Waals surface area (Å²) in [7, 11) is 1.62. The van der Waals surface area contributed by atoms with Crippen LogP contribution in [0.1, 0.15) is 23.2 Å². The lowest BCUT2D eigenvalue weighted by Gasteiger charge is -2.15.